The molecule has 1 aliphatic rings. The predicted octanol–water partition coefficient (Wildman–Crippen LogP) is 1.34. The summed E-state index contributed by atoms with van der Waals surface area (Å²) in [4.78, 5) is 28.2. The lowest BCUT2D eigenvalue weighted by Gasteiger charge is -2.24. The van der Waals surface area contributed by atoms with Crippen LogP contribution >= 0.6 is 11.8 Å². The second-order valence-electron chi connectivity index (χ2n) is 6.02. The van der Waals surface area contributed by atoms with Crippen molar-refractivity contribution in [3.05, 3.63) is 29.8 Å². The van der Waals surface area contributed by atoms with Crippen LogP contribution in [-0.4, -0.2) is 67.7 Å². The number of carbonyl (C=O) groups is 2. The van der Waals surface area contributed by atoms with Crippen molar-refractivity contribution < 1.29 is 14.3 Å². The van der Waals surface area contributed by atoms with E-state index in [0.29, 0.717) is 6.54 Å². The number of ether oxygens (including phenoxy) is 1. The van der Waals surface area contributed by atoms with E-state index < -0.39 is 0 Å². The first kappa shape index (κ1) is 18.6. The van der Waals surface area contributed by atoms with Crippen LogP contribution < -0.4 is 10.1 Å². The second kappa shape index (κ2) is 8.39. The van der Waals surface area contributed by atoms with Crippen molar-refractivity contribution in [3.63, 3.8) is 0 Å². The molecular formula is C17H25N3O3S. The topological polar surface area (TPSA) is 61.9 Å². The molecule has 24 heavy (non-hydrogen) atoms. The van der Waals surface area contributed by atoms with Gasteiger partial charge in [0.05, 0.1) is 12.4 Å². The molecule has 0 radical (unpaired) electrons. The van der Waals surface area contributed by atoms with Gasteiger partial charge in [0.1, 0.15) is 17.7 Å². The Bertz CT molecular complexity index is 577. The number of thioether (sulfide) groups is 1. The molecule has 1 N–H and O–H groups in total. The molecule has 0 spiro atoms. The van der Waals surface area contributed by atoms with Crippen LogP contribution in [0.5, 0.6) is 5.75 Å². The molecule has 1 saturated heterocycles. The summed E-state index contributed by atoms with van der Waals surface area (Å²) in [6.07, 6.45) is 0. The molecule has 1 heterocycles. The molecule has 0 aromatic heterocycles. The Morgan fingerprint density at radius 1 is 1.33 bits per heavy atom. The molecular weight excluding hydrogens is 326 g/mol. The second-order valence-corrected chi connectivity index (χ2v) is 7.45. The summed E-state index contributed by atoms with van der Waals surface area (Å²) >= 11 is 1.57. The Kier molecular flexibility index (Phi) is 6.51. The lowest BCUT2D eigenvalue weighted by molar-refractivity contribution is -0.135. The molecule has 132 valence electrons. The van der Waals surface area contributed by atoms with Crippen LogP contribution in [0.2, 0.25) is 0 Å². The number of carbonyl (C=O) groups excluding carboxylic acids is 2. The maximum atomic E-state index is 12.4. The van der Waals surface area contributed by atoms with Crippen molar-refractivity contribution in [1.29, 1.82) is 0 Å². The maximum Gasteiger partial charge on any atom is 0.239 e. The summed E-state index contributed by atoms with van der Waals surface area (Å²) in [7, 11) is 5.53. The SMILES string of the molecule is COc1ccc([C@H]2S[C@@H](C)C(=O)N2CC(=O)NCCN(C)C)cc1. The minimum atomic E-state index is -0.147. The molecule has 2 atom stereocenters. The zero-order valence-electron chi connectivity index (χ0n) is 14.6. The molecule has 1 aromatic rings. The number of methoxy groups -OCH3 is 1. The van der Waals surface area contributed by atoms with E-state index in [1.165, 1.54) is 0 Å². The third-order valence-corrected chi connectivity index (χ3v) is 5.24. The molecule has 2 amide bonds. The highest BCUT2D eigenvalue weighted by Crippen LogP contribution is 2.42. The predicted molar refractivity (Wildman–Crippen MR) is 96.1 cm³/mol. The summed E-state index contributed by atoms with van der Waals surface area (Å²) in [5.41, 5.74) is 1.000. The normalized spacial score (nSPS) is 20.5. The summed E-state index contributed by atoms with van der Waals surface area (Å²) in [6.45, 7) is 3.31. The molecule has 0 bridgehead atoms. The van der Waals surface area contributed by atoms with Crippen LogP contribution in [0.15, 0.2) is 24.3 Å². The van der Waals surface area contributed by atoms with Gasteiger partial charge in [-0.15, -0.1) is 11.8 Å². The van der Waals surface area contributed by atoms with Gasteiger partial charge in [-0.1, -0.05) is 12.1 Å². The summed E-state index contributed by atoms with van der Waals surface area (Å²) in [6, 6.07) is 7.63. The molecule has 1 aliphatic heterocycles. The molecule has 0 saturated carbocycles. The van der Waals surface area contributed by atoms with Gasteiger partial charge < -0.3 is 19.9 Å². The largest absolute Gasteiger partial charge is 0.497 e. The van der Waals surface area contributed by atoms with Crippen LogP contribution in [0.4, 0.5) is 0 Å². The van der Waals surface area contributed by atoms with Crippen LogP contribution in [0.3, 0.4) is 0 Å². The first-order valence-electron chi connectivity index (χ1n) is 7.93. The number of rotatable bonds is 7. The lowest BCUT2D eigenvalue weighted by atomic mass is 10.2. The Balaban J connectivity index is 2.03. The summed E-state index contributed by atoms with van der Waals surface area (Å²) in [5, 5.41) is 2.58. The zero-order valence-corrected chi connectivity index (χ0v) is 15.4. The summed E-state index contributed by atoms with van der Waals surface area (Å²) in [5.74, 6) is 0.649. The Hall–Kier alpha value is -1.73. The Morgan fingerprint density at radius 3 is 2.58 bits per heavy atom. The van der Waals surface area contributed by atoms with Gasteiger partial charge in [-0.3, -0.25) is 9.59 Å². The Morgan fingerprint density at radius 2 is 2.00 bits per heavy atom. The highest BCUT2D eigenvalue weighted by molar-refractivity contribution is 8.01. The molecule has 0 aliphatic carbocycles. The van der Waals surface area contributed by atoms with Crippen LogP contribution in [0.1, 0.15) is 17.9 Å². The number of amides is 2. The van der Waals surface area contributed by atoms with E-state index in [0.717, 1.165) is 17.9 Å². The van der Waals surface area contributed by atoms with Gasteiger partial charge >= 0.3 is 0 Å². The van der Waals surface area contributed by atoms with E-state index in [1.807, 2.05) is 50.2 Å². The van der Waals surface area contributed by atoms with E-state index >= 15 is 0 Å². The van der Waals surface area contributed by atoms with Crippen molar-refractivity contribution >= 4 is 23.6 Å². The molecule has 0 unspecified atom stereocenters. The van der Waals surface area contributed by atoms with Crippen LogP contribution in [0.25, 0.3) is 0 Å². The number of hydrogen-bond acceptors (Lipinski definition) is 5. The van der Waals surface area contributed by atoms with Gasteiger partial charge in [-0.2, -0.15) is 0 Å². The zero-order chi connectivity index (χ0) is 17.7. The minimum absolute atomic E-state index is 0.00331. The fraction of sp³-hybridized carbons (Fsp3) is 0.529. The number of hydrogen-bond donors (Lipinski definition) is 1. The van der Waals surface area contributed by atoms with Crippen molar-refractivity contribution in [1.82, 2.24) is 15.1 Å². The van der Waals surface area contributed by atoms with Crippen LogP contribution in [0, 0.1) is 0 Å². The van der Waals surface area contributed by atoms with E-state index in [9.17, 15) is 9.59 Å². The molecule has 6 nitrogen and oxygen atoms in total. The van der Waals surface area contributed by atoms with E-state index in [-0.39, 0.29) is 29.0 Å². The standard InChI is InChI=1S/C17H25N3O3S/c1-12-16(22)20(11-15(21)18-9-10-19(2)3)17(24-12)13-5-7-14(23-4)8-6-13/h5-8,12,17H,9-11H2,1-4H3,(H,18,21)/t12-,17+/m0/s1. The Labute approximate surface area is 147 Å². The maximum absolute atomic E-state index is 12.4. The number of nitrogens with one attached hydrogen (secondary N) is 1. The van der Waals surface area contributed by atoms with Crippen LogP contribution in [-0.2, 0) is 9.59 Å². The molecule has 2 rings (SSSR count). The average Bonchev–Trinajstić information content (AvgIpc) is 2.83. The molecule has 1 fully saturated rings. The monoisotopic (exact) mass is 351 g/mol. The highest BCUT2D eigenvalue weighted by Gasteiger charge is 2.39. The quantitative estimate of drug-likeness (QED) is 0.803. The first-order valence-corrected chi connectivity index (χ1v) is 8.88. The number of benzene rings is 1. The van der Waals surface area contributed by atoms with Crippen molar-refractivity contribution in [2.45, 2.75) is 17.5 Å². The van der Waals surface area contributed by atoms with Gasteiger partial charge in [-0.25, -0.2) is 0 Å². The van der Waals surface area contributed by atoms with E-state index in [2.05, 4.69) is 5.32 Å². The van der Waals surface area contributed by atoms with Gasteiger partial charge in [0.25, 0.3) is 0 Å². The fourth-order valence-electron chi connectivity index (χ4n) is 2.49. The lowest BCUT2D eigenvalue weighted by Crippen LogP contribution is -2.41. The smallest absolute Gasteiger partial charge is 0.239 e. The third-order valence-electron chi connectivity index (χ3n) is 3.84. The van der Waals surface area contributed by atoms with Gasteiger partial charge in [-0.05, 0) is 38.7 Å². The van der Waals surface area contributed by atoms with E-state index in [4.69, 9.17) is 4.74 Å². The summed E-state index contributed by atoms with van der Waals surface area (Å²) < 4.78 is 5.17. The molecule has 7 heteroatoms. The van der Waals surface area contributed by atoms with Crippen molar-refractivity contribution in [2.24, 2.45) is 0 Å². The highest BCUT2D eigenvalue weighted by atomic mass is 32.2. The minimum Gasteiger partial charge on any atom is -0.497 e. The number of likely N-dealkylation sites (N-methyl/N-ethyl adjacent to an activating group) is 1. The van der Waals surface area contributed by atoms with Crippen molar-refractivity contribution in [3.8, 4) is 5.75 Å². The number of nitrogens with zero attached hydrogens (tertiary/aromatic N) is 2. The fourth-order valence-corrected chi connectivity index (χ4v) is 3.77. The molecule has 1 aromatic carbocycles. The van der Waals surface area contributed by atoms with Gasteiger partial charge in [0, 0.05) is 13.1 Å². The first-order chi connectivity index (χ1) is 11.4. The average molecular weight is 351 g/mol. The third kappa shape index (κ3) is 4.64. The van der Waals surface area contributed by atoms with Crippen molar-refractivity contribution in [2.75, 3.05) is 40.8 Å². The van der Waals surface area contributed by atoms with Gasteiger partial charge in [0.2, 0.25) is 11.8 Å². The van der Waals surface area contributed by atoms with E-state index in [1.54, 1.807) is 23.8 Å². The van der Waals surface area contributed by atoms with Gasteiger partial charge in [0.15, 0.2) is 0 Å².